The summed E-state index contributed by atoms with van der Waals surface area (Å²) in [7, 11) is 3.60. The van der Waals surface area contributed by atoms with Gasteiger partial charge in [-0.15, -0.1) is 0 Å². The maximum Gasteiger partial charge on any atom is 0.268 e. The van der Waals surface area contributed by atoms with E-state index in [1.165, 1.54) is 30.4 Å². The second-order valence-corrected chi connectivity index (χ2v) is 5.63. The zero-order valence-electron chi connectivity index (χ0n) is 13.0. The first kappa shape index (κ1) is 16.0. The van der Waals surface area contributed by atoms with E-state index in [4.69, 9.17) is 4.74 Å². The minimum atomic E-state index is -0.0509. The number of nitrogens with zero attached hydrogens (tertiary/aromatic N) is 3. The molecule has 1 aliphatic rings. The fourth-order valence-corrected chi connectivity index (χ4v) is 2.66. The molecule has 0 aliphatic heterocycles. The van der Waals surface area contributed by atoms with Crippen LogP contribution < -0.4 is 15.8 Å². The monoisotopic (exact) mass is 294 g/mol. The fourth-order valence-electron chi connectivity index (χ4n) is 2.66. The number of likely N-dealkylation sites (N-methyl/N-ethyl adjacent to an activating group) is 1. The minimum absolute atomic E-state index is 0.0509. The van der Waals surface area contributed by atoms with Gasteiger partial charge < -0.3 is 15.0 Å². The molecule has 1 N–H and O–H groups in total. The van der Waals surface area contributed by atoms with Crippen molar-refractivity contribution in [3.8, 4) is 0 Å². The largest absolute Gasteiger partial charge is 0.383 e. The summed E-state index contributed by atoms with van der Waals surface area (Å²) in [5, 5.41) is 7.75. The lowest BCUT2D eigenvalue weighted by atomic mass is 10.2. The van der Waals surface area contributed by atoms with Crippen molar-refractivity contribution in [2.24, 2.45) is 0 Å². The van der Waals surface area contributed by atoms with Gasteiger partial charge in [-0.05, 0) is 12.8 Å². The highest BCUT2D eigenvalue weighted by Crippen LogP contribution is 2.17. The molecular formula is C15H26N4O2. The van der Waals surface area contributed by atoms with Crippen LogP contribution in [-0.4, -0.2) is 49.7 Å². The van der Waals surface area contributed by atoms with E-state index in [0.29, 0.717) is 19.2 Å². The van der Waals surface area contributed by atoms with E-state index in [0.717, 1.165) is 18.8 Å². The van der Waals surface area contributed by atoms with Crippen LogP contribution in [0.15, 0.2) is 17.1 Å². The van der Waals surface area contributed by atoms with E-state index in [2.05, 4.69) is 10.4 Å². The number of nitrogens with one attached hydrogen (secondary N) is 1. The molecule has 6 nitrogen and oxygen atoms in total. The molecule has 1 saturated carbocycles. The number of aromatic nitrogens is 2. The SMILES string of the molecule is COCCN(C)c1cnn(CCNC2CCCC2)c(=O)c1. The molecule has 1 aliphatic carbocycles. The van der Waals surface area contributed by atoms with Gasteiger partial charge in [-0.1, -0.05) is 12.8 Å². The van der Waals surface area contributed by atoms with E-state index in [1.54, 1.807) is 19.4 Å². The fraction of sp³-hybridized carbons (Fsp3) is 0.733. The standard InChI is InChI=1S/C15H26N4O2/c1-18(9-10-21-2)14-11-15(20)19(17-12-14)8-7-16-13-5-3-4-6-13/h11-13,16H,3-10H2,1-2H3. The van der Waals surface area contributed by atoms with E-state index in [9.17, 15) is 4.79 Å². The average Bonchev–Trinajstić information content (AvgIpc) is 2.99. The van der Waals surface area contributed by atoms with Crippen LogP contribution in [0.2, 0.25) is 0 Å². The lowest BCUT2D eigenvalue weighted by molar-refractivity contribution is 0.206. The second kappa shape index (κ2) is 8.14. The molecule has 0 radical (unpaired) electrons. The Morgan fingerprint density at radius 2 is 2.24 bits per heavy atom. The summed E-state index contributed by atoms with van der Waals surface area (Å²) >= 11 is 0. The van der Waals surface area contributed by atoms with Gasteiger partial charge >= 0.3 is 0 Å². The molecule has 1 fully saturated rings. The van der Waals surface area contributed by atoms with Gasteiger partial charge in [0.05, 0.1) is 25.0 Å². The molecule has 0 bridgehead atoms. The smallest absolute Gasteiger partial charge is 0.268 e. The second-order valence-electron chi connectivity index (χ2n) is 5.63. The van der Waals surface area contributed by atoms with Gasteiger partial charge in [0, 0.05) is 39.4 Å². The molecule has 0 unspecified atom stereocenters. The Morgan fingerprint density at radius 1 is 1.48 bits per heavy atom. The van der Waals surface area contributed by atoms with Gasteiger partial charge in [0.1, 0.15) is 0 Å². The molecule has 1 aromatic heterocycles. The predicted molar refractivity (Wildman–Crippen MR) is 83.9 cm³/mol. The summed E-state index contributed by atoms with van der Waals surface area (Å²) in [6.45, 7) is 2.80. The Bertz CT molecular complexity index is 483. The summed E-state index contributed by atoms with van der Waals surface area (Å²) in [4.78, 5) is 14.0. The zero-order chi connectivity index (χ0) is 15.1. The lowest BCUT2D eigenvalue weighted by Crippen LogP contribution is -2.33. The number of rotatable bonds is 8. The van der Waals surface area contributed by atoms with Gasteiger partial charge in [0.25, 0.3) is 5.56 Å². The van der Waals surface area contributed by atoms with Gasteiger partial charge in [0.15, 0.2) is 0 Å². The Kier molecular flexibility index (Phi) is 6.20. The van der Waals surface area contributed by atoms with Crippen molar-refractivity contribution in [3.63, 3.8) is 0 Å². The predicted octanol–water partition coefficient (Wildman–Crippen LogP) is 0.858. The van der Waals surface area contributed by atoms with E-state index in [-0.39, 0.29) is 5.56 Å². The highest BCUT2D eigenvalue weighted by molar-refractivity contribution is 5.41. The summed E-state index contributed by atoms with van der Waals surface area (Å²) in [6, 6.07) is 2.26. The van der Waals surface area contributed by atoms with Crippen LogP contribution in [0, 0.1) is 0 Å². The molecule has 0 spiro atoms. The first-order valence-electron chi connectivity index (χ1n) is 7.71. The first-order valence-corrected chi connectivity index (χ1v) is 7.71. The van der Waals surface area contributed by atoms with Crippen molar-refractivity contribution in [1.29, 1.82) is 0 Å². The molecule has 21 heavy (non-hydrogen) atoms. The zero-order valence-corrected chi connectivity index (χ0v) is 13.0. The van der Waals surface area contributed by atoms with Crippen LogP contribution in [0.1, 0.15) is 25.7 Å². The molecule has 1 heterocycles. The molecule has 0 saturated heterocycles. The quantitative estimate of drug-likeness (QED) is 0.770. The number of anilines is 1. The van der Waals surface area contributed by atoms with Crippen molar-refractivity contribution in [2.45, 2.75) is 38.3 Å². The maximum atomic E-state index is 12.1. The van der Waals surface area contributed by atoms with Crippen molar-refractivity contribution in [3.05, 3.63) is 22.6 Å². The molecule has 118 valence electrons. The third-order valence-corrected chi connectivity index (χ3v) is 4.04. The summed E-state index contributed by atoms with van der Waals surface area (Å²) in [6.07, 6.45) is 6.89. The molecular weight excluding hydrogens is 268 g/mol. The van der Waals surface area contributed by atoms with Crippen molar-refractivity contribution >= 4 is 5.69 Å². The summed E-state index contributed by atoms with van der Waals surface area (Å²) in [5.74, 6) is 0. The Hall–Kier alpha value is -1.40. The van der Waals surface area contributed by atoms with E-state index >= 15 is 0 Å². The molecule has 2 rings (SSSR count). The summed E-state index contributed by atoms with van der Waals surface area (Å²) < 4.78 is 6.56. The van der Waals surface area contributed by atoms with Crippen molar-refractivity contribution < 1.29 is 4.74 Å². The molecule has 1 aromatic rings. The van der Waals surface area contributed by atoms with Crippen LogP contribution in [0.25, 0.3) is 0 Å². The van der Waals surface area contributed by atoms with E-state index < -0.39 is 0 Å². The molecule has 0 amide bonds. The Labute approximate surface area is 126 Å². The van der Waals surface area contributed by atoms with Crippen LogP contribution in [0.5, 0.6) is 0 Å². The molecule has 0 aromatic carbocycles. The van der Waals surface area contributed by atoms with Crippen molar-refractivity contribution in [2.75, 3.05) is 38.8 Å². The third kappa shape index (κ3) is 4.82. The Morgan fingerprint density at radius 3 is 2.90 bits per heavy atom. The first-order chi connectivity index (χ1) is 10.2. The lowest BCUT2D eigenvalue weighted by Gasteiger charge is -2.18. The third-order valence-electron chi connectivity index (χ3n) is 4.04. The minimum Gasteiger partial charge on any atom is -0.383 e. The molecule has 6 heteroatoms. The van der Waals surface area contributed by atoms with Crippen molar-refractivity contribution in [1.82, 2.24) is 15.1 Å². The highest BCUT2D eigenvalue weighted by Gasteiger charge is 2.13. The van der Waals surface area contributed by atoms with Gasteiger partial charge in [-0.25, -0.2) is 4.68 Å². The molecule has 0 atom stereocenters. The topological polar surface area (TPSA) is 59.4 Å². The van der Waals surface area contributed by atoms with Gasteiger partial charge in [-0.3, -0.25) is 4.79 Å². The number of hydrogen-bond donors (Lipinski definition) is 1. The normalized spacial score (nSPS) is 15.5. The van der Waals surface area contributed by atoms with Gasteiger partial charge in [0.2, 0.25) is 0 Å². The number of hydrogen-bond acceptors (Lipinski definition) is 5. The maximum absolute atomic E-state index is 12.1. The number of ether oxygens (including phenoxy) is 1. The van der Waals surface area contributed by atoms with Crippen LogP contribution in [0.3, 0.4) is 0 Å². The van der Waals surface area contributed by atoms with Crippen LogP contribution >= 0.6 is 0 Å². The Balaban J connectivity index is 1.84. The van der Waals surface area contributed by atoms with Crippen LogP contribution in [-0.2, 0) is 11.3 Å². The highest BCUT2D eigenvalue weighted by atomic mass is 16.5. The van der Waals surface area contributed by atoms with Crippen LogP contribution in [0.4, 0.5) is 5.69 Å². The number of methoxy groups -OCH3 is 1. The average molecular weight is 294 g/mol. The van der Waals surface area contributed by atoms with Gasteiger partial charge in [-0.2, -0.15) is 5.10 Å². The van der Waals surface area contributed by atoms with E-state index in [1.807, 2.05) is 11.9 Å². The summed E-state index contributed by atoms with van der Waals surface area (Å²) in [5.41, 5.74) is 0.780.